The van der Waals surface area contributed by atoms with Gasteiger partial charge in [0.05, 0.1) is 18.3 Å². The summed E-state index contributed by atoms with van der Waals surface area (Å²) in [6.45, 7) is 5.86. The third-order valence-electron chi connectivity index (χ3n) is 3.07. The van der Waals surface area contributed by atoms with Crippen molar-refractivity contribution in [1.82, 2.24) is 14.7 Å². The van der Waals surface area contributed by atoms with E-state index in [2.05, 4.69) is 35.0 Å². The number of likely N-dealkylation sites (N-methyl/N-ethyl adjacent to an activating group) is 1. The molecule has 1 unspecified atom stereocenters. The summed E-state index contributed by atoms with van der Waals surface area (Å²) in [6.07, 6.45) is 3.03. The first kappa shape index (κ1) is 11.0. The average molecular weight is 221 g/mol. The number of aliphatic imine (C=N–C) groups is 1. The van der Waals surface area contributed by atoms with Gasteiger partial charge in [-0.3, -0.25) is 9.67 Å². The highest BCUT2D eigenvalue weighted by atomic mass is 15.3. The zero-order valence-electron chi connectivity index (χ0n) is 10.1. The summed E-state index contributed by atoms with van der Waals surface area (Å²) in [7, 11) is 1.96. The Morgan fingerprint density at radius 1 is 1.50 bits per heavy atom. The standard InChI is InChI=1S/C11H19N5/c1-4-9-8(7-15(3)14-9)10-6-13-11(12)16(10)5-2/h7,10H,4-6H2,1-3H3,(H2,12,13). The van der Waals surface area contributed by atoms with Crippen molar-refractivity contribution in [1.29, 1.82) is 0 Å². The summed E-state index contributed by atoms with van der Waals surface area (Å²) in [6, 6.07) is 0.272. The van der Waals surface area contributed by atoms with Crippen LogP contribution in [0, 0.1) is 0 Å². The maximum atomic E-state index is 5.86. The first-order chi connectivity index (χ1) is 7.67. The predicted octanol–water partition coefficient (Wildman–Crippen LogP) is 0.674. The minimum absolute atomic E-state index is 0.272. The Hall–Kier alpha value is -1.52. The fourth-order valence-corrected chi connectivity index (χ4v) is 2.28. The lowest BCUT2D eigenvalue weighted by Gasteiger charge is -2.24. The van der Waals surface area contributed by atoms with Crippen LogP contribution in [0.1, 0.15) is 31.1 Å². The molecule has 0 fully saturated rings. The second kappa shape index (κ2) is 4.15. The molecule has 0 bridgehead atoms. The third-order valence-corrected chi connectivity index (χ3v) is 3.07. The normalized spacial score (nSPS) is 20.3. The molecule has 2 rings (SSSR count). The maximum absolute atomic E-state index is 5.86. The van der Waals surface area contributed by atoms with Crippen LogP contribution in [0.25, 0.3) is 0 Å². The van der Waals surface area contributed by atoms with E-state index in [1.54, 1.807) is 0 Å². The summed E-state index contributed by atoms with van der Waals surface area (Å²) >= 11 is 0. The Balaban J connectivity index is 2.31. The highest BCUT2D eigenvalue weighted by Gasteiger charge is 2.28. The monoisotopic (exact) mass is 221 g/mol. The van der Waals surface area contributed by atoms with Gasteiger partial charge in [-0.15, -0.1) is 0 Å². The lowest BCUT2D eigenvalue weighted by Crippen LogP contribution is -2.36. The largest absolute Gasteiger partial charge is 0.370 e. The summed E-state index contributed by atoms with van der Waals surface area (Å²) in [4.78, 5) is 6.45. The van der Waals surface area contributed by atoms with Crippen LogP contribution in [0.3, 0.4) is 0 Å². The second-order valence-corrected chi connectivity index (χ2v) is 4.06. The van der Waals surface area contributed by atoms with Gasteiger partial charge in [0.25, 0.3) is 0 Å². The van der Waals surface area contributed by atoms with Crippen LogP contribution in [0.4, 0.5) is 0 Å². The first-order valence-corrected chi connectivity index (χ1v) is 5.76. The van der Waals surface area contributed by atoms with Crippen molar-refractivity contribution in [2.24, 2.45) is 17.8 Å². The van der Waals surface area contributed by atoms with E-state index in [1.807, 2.05) is 11.7 Å². The molecule has 1 aliphatic rings. The smallest absolute Gasteiger partial charge is 0.191 e. The number of nitrogens with zero attached hydrogens (tertiary/aromatic N) is 4. The molecule has 1 aromatic rings. The molecule has 1 aromatic heterocycles. The molecule has 0 amide bonds. The molecule has 16 heavy (non-hydrogen) atoms. The number of hydrogen-bond acceptors (Lipinski definition) is 4. The molecule has 2 N–H and O–H groups in total. The van der Waals surface area contributed by atoms with Gasteiger partial charge in [-0.05, 0) is 13.3 Å². The highest BCUT2D eigenvalue weighted by molar-refractivity contribution is 5.80. The molecule has 1 aliphatic heterocycles. The highest BCUT2D eigenvalue weighted by Crippen LogP contribution is 2.27. The maximum Gasteiger partial charge on any atom is 0.191 e. The molecule has 0 aromatic carbocycles. The van der Waals surface area contributed by atoms with Crippen LogP contribution in [-0.4, -0.2) is 33.7 Å². The summed E-state index contributed by atoms with van der Waals surface area (Å²) in [5, 5.41) is 4.47. The van der Waals surface area contributed by atoms with Gasteiger partial charge in [-0.1, -0.05) is 6.92 Å². The molecule has 0 radical (unpaired) electrons. The van der Waals surface area contributed by atoms with E-state index >= 15 is 0 Å². The Morgan fingerprint density at radius 2 is 2.25 bits per heavy atom. The van der Waals surface area contributed by atoms with Gasteiger partial charge in [-0.2, -0.15) is 5.10 Å². The number of nitrogens with two attached hydrogens (primary N) is 1. The minimum Gasteiger partial charge on any atom is -0.370 e. The van der Waals surface area contributed by atoms with Crippen molar-refractivity contribution in [2.45, 2.75) is 26.3 Å². The van der Waals surface area contributed by atoms with Crippen LogP contribution in [0.15, 0.2) is 11.2 Å². The van der Waals surface area contributed by atoms with Crippen molar-refractivity contribution >= 4 is 5.96 Å². The number of aryl methyl sites for hydroxylation is 2. The molecule has 0 aliphatic carbocycles. The molecule has 5 heteroatoms. The Morgan fingerprint density at radius 3 is 2.88 bits per heavy atom. The number of hydrogen-bond donors (Lipinski definition) is 1. The lowest BCUT2D eigenvalue weighted by molar-refractivity contribution is 0.362. The minimum atomic E-state index is 0.272. The zero-order chi connectivity index (χ0) is 11.7. The lowest BCUT2D eigenvalue weighted by atomic mass is 10.1. The fraction of sp³-hybridized carbons (Fsp3) is 0.636. The SMILES string of the molecule is CCc1nn(C)cc1C1CN=C(N)N1CC. The van der Waals surface area contributed by atoms with Crippen LogP contribution >= 0.6 is 0 Å². The van der Waals surface area contributed by atoms with E-state index in [0.717, 1.165) is 25.2 Å². The third kappa shape index (κ3) is 1.66. The van der Waals surface area contributed by atoms with Gasteiger partial charge in [0.2, 0.25) is 0 Å². The van der Waals surface area contributed by atoms with Crippen LogP contribution < -0.4 is 5.73 Å². The van der Waals surface area contributed by atoms with Gasteiger partial charge in [0.15, 0.2) is 5.96 Å². The van der Waals surface area contributed by atoms with Crippen LogP contribution in [-0.2, 0) is 13.5 Å². The molecule has 5 nitrogen and oxygen atoms in total. The molecule has 0 spiro atoms. The first-order valence-electron chi connectivity index (χ1n) is 5.76. The van der Waals surface area contributed by atoms with Gasteiger partial charge in [-0.25, -0.2) is 0 Å². The van der Waals surface area contributed by atoms with E-state index in [-0.39, 0.29) is 6.04 Å². The van der Waals surface area contributed by atoms with Gasteiger partial charge in [0.1, 0.15) is 0 Å². The number of aromatic nitrogens is 2. The second-order valence-electron chi connectivity index (χ2n) is 4.06. The van der Waals surface area contributed by atoms with E-state index in [9.17, 15) is 0 Å². The van der Waals surface area contributed by atoms with Crippen LogP contribution in [0.5, 0.6) is 0 Å². The van der Waals surface area contributed by atoms with Gasteiger partial charge < -0.3 is 10.6 Å². The topological polar surface area (TPSA) is 59.4 Å². The number of guanidine groups is 1. The van der Waals surface area contributed by atoms with E-state index < -0.39 is 0 Å². The van der Waals surface area contributed by atoms with Crippen molar-refractivity contribution in [3.8, 4) is 0 Å². The van der Waals surface area contributed by atoms with E-state index in [4.69, 9.17) is 5.73 Å². The zero-order valence-corrected chi connectivity index (χ0v) is 10.1. The quantitative estimate of drug-likeness (QED) is 0.816. The predicted molar refractivity (Wildman–Crippen MR) is 64.2 cm³/mol. The van der Waals surface area contributed by atoms with Crippen molar-refractivity contribution in [3.05, 3.63) is 17.5 Å². The molecular formula is C11H19N5. The molecule has 2 heterocycles. The molecule has 1 atom stereocenters. The molecule has 88 valence electrons. The molecule has 0 saturated carbocycles. The van der Waals surface area contributed by atoms with Crippen LogP contribution in [0.2, 0.25) is 0 Å². The van der Waals surface area contributed by atoms with Crippen molar-refractivity contribution in [2.75, 3.05) is 13.1 Å². The van der Waals surface area contributed by atoms with Crippen molar-refractivity contribution < 1.29 is 0 Å². The number of rotatable bonds is 3. The Labute approximate surface area is 95.9 Å². The Bertz CT molecular complexity index is 407. The summed E-state index contributed by atoms with van der Waals surface area (Å²) < 4.78 is 1.87. The Kier molecular flexibility index (Phi) is 2.85. The summed E-state index contributed by atoms with van der Waals surface area (Å²) in [5.74, 6) is 0.651. The average Bonchev–Trinajstić information content (AvgIpc) is 2.81. The van der Waals surface area contributed by atoms with E-state index in [1.165, 1.54) is 5.56 Å². The summed E-state index contributed by atoms with van der Waals surface area (Å²) in [5.41, 5.74) is 8.27. The molecular weight excluding hydrogens is 202 g/mol. The van der Waals surface area contributed by atoms with Gasteiger partial charge in [0, 0.05) is 25.4 Å². The van der Waals surface area contributed by atoms with Gasteiger partial charge >= 0.3 is 0 Å². The van der Waals surface area contributed by atoms with E-state index in [0.29, 0.717) is 5.96 Å². The fourth-order valence-electron chi connectivity index (χ4n) is 2.28. The van der Waals surface area contributed by atoms with Crippen molar-refractivity contribution in [3.63, 3.8) is 0 Å². The molecule has 0 saturated heterocycles.